The van der Waals surface area contributed by atoms with Crippen molar-refractivity contribution in [2.24, 2.45) is 0 Å². The summed E-state index contributed by atoms with van der Waals surface area (Å²) in [6.07, 6.45) is 21.8. The molecular formula is C25H54N3O6PY. The Kier molecular flexibility index (Phi) is 42.8. The number of unbranched alkanes of at least 4 members (excludes halogenated alkanes) is 11. The molecule has 0 aliphatic heterocycles. The second kappa shape index (κ2) is 37.6. The third-order valence-corrected chi connectivity index (χ3v) is 5.88. The van der Waals surface area contributed by atoms with Crippen LogP contribution in [-0.2, 0) is 46.6 Å². The number of aliphatic hydroxyl groups is 1. The molecular weight excluding hydrogens is 558 g/mol. The molecule has 0 aromatic rings. The first-order valence-electron chi connectivity index (χ1n) is 13.4. The van der Waals surface area contributed by atoms with Crippen LogP contribution in [0.25, 0.3) is 0 Å². The summed E-state index contributed by atoms with van der Waals surface area (Å²) in [5, 5.41) is 22.3. The van der Waals surface area contributed by atoms with Gasteiger partial charge in [-0.3, -0.25) is 4.79 Å². The van der Waals surface area contributed by atoms with Gasteiger partial charge in [0.15, 0.2) is 0 Å². The van der Waals surface area contributed by atoms with E-state index < -0.39 is 8.60 Å². The number of hydrogen-bond donors (Lipinski definition) is 6. The second-order valence-corrected chi connectivity index (χ2v) is 9.32. The molecule has 11 heteroatoms. The number of nitrogens with one attached hydrogen (secondary N) is 3. The molecule has 1 atom stereocenters. The van der Waals surface area contributed by atoms with Crippen molar-refractivity contribution >= 4 is 14.5 Å². The van der Waals surface area contributed by atoms with Gasteiger partial charge in [-0.1, -0.05) is 70.4 Å². The van der Waals surface area contributed by atoms with Crippen LogP contribution in [0.5, 0.6) is 0 Å². The van der Waals surface area contributed by atoms with E-state index in [1.54, 1.807) is 7.05 Å². The van der Waals surface area contributed by atoms with Crippen LogP contribution in [0.4, 0.5) is 0 Å². The van der Waals surface area contributed by atoms with Crippen molar-refractivity contribution < 1.29 is 61.8 Å². The average molecular weight is 613 g/mol. The van der Waals surface area contributed by atoms with Crippen molar-refractivity contribution in [2.45, 2.75) is 96.8 Å². The molecule has 0 fully saturated rings. The Hall–Kier alpha value is 0.464. The van der Waals surface area contributed by atoms with Gasteiger partial charge in [0.25, 0.3) is 0 Å². The summed E-state index contributed by atoms with van der Waals surface area (Å²) in [5.41, 5.74) is 2.02. The number of aliphatic hydroxyl groups excluding tert-OH is 1. The van der Waals surface area contributed by atoms with E-state index in [9.17, 15) is 4.79 Å². The fourth-order valence-corrected chi connectivity index (χ4v) is 3.64. The third kappa shape index (κ3) is 39.0. The number of carbonyl (C=O) groups excluding carboxylic acids is 1. The molecule has 0 bridgehead atoms. The number of carbonyl (C=O) groups is 1. The predicted molar refractivity (Wildman–Crippen MR) is 144 cm³/mol. The van der Waals surface area contributed by atoms with Crippen molar-refractivity contribution in [1.29, 1.82) is 0 Å². The maximum Gasteiger partial charge on any atom is 0.329 e. The number of hydroxylamine groups is 1. The minimum atomic E-state index is -1.80. The minimum Gasteiger partial charge on any atom is -0.394 e. The first-order valence-corrected chi connectivity index (χ1v) is 14.5. The summed E-state index contributed by atoms with van der Waals surface area (Å²) in [5.74, 6) is 0.0860. The fraction of sp³-hybridized carbons (Fsp3) is 0.880. The normalized spacial score (nSPS) is 11.6. The standard InChI is InChI=1S/C20H40N2O2.C5H14NO4P.Y/c1-2-3-4-5-6-7-8-9-10-11-12-13-14-15-16-17-20(23)21-18-19-22-24;1-6-2-4-9-11(8)10-5-3-7;/h9-10,22,24H,2-8,11-19H2,1H3,(H,21,23);6-8H,2-5H2,1H3;/b10-9-;;. The summed E-state index contributed by atoms with van der Waals surface area (Å²) in [6, 6.07) is 0. The molecule has 1 amide bonds. The summed E-state index contributed by atoms with van der Waals surface area (Å²) < 4.78 is 9.47. The zero-order valence-electron chi connectivity index (χ0n) is 22.9. The SMILES string of the molecule is CCCCCCCC/C=C\CCCCCCCC(=O)NCCNO.CNCCOP(O)OCCO.[Y]. The van der Waals surface area contributed by atoms with E-state index in [2.05, 4.69) is 34.2 Å². The minimum absolute atomic E-state index is 0. The van der Waals surface area contributed by atoms with Crippen molar-refractivity contribution in [3.63, 3.8) is 0 Å². The van der Waals surface area contributed by atoms with E-state index >= 15 is 0 Å². The van der Waals surface area contributed by atoms with Gasteiger partial charge in [-0.15, -0.1) is 0 Å². The van der Waals surface area contributed by atoms with Crippen LogP contribution in [0.15, 0.2) is 12.2 Å². The number of likely N-dealkylation sites (N-methyl/N-ethyl adjacent to an activating group) is 1. The van der Waals surface area contributed by atoms with Gasteiger partial charge in [0.2, 0.25) is 5.91 Å². The van der Waals surface area contributed by atoms with Crippen LogP contribution in [0.1, 0.15) is 96.8 Å². The van der Waals surface area contributed by atoms with Crippen LogP contribution >= 0.6 is 8.60 Å². The molecule has 1 unspecified atom stereocenters. The summed E-state index contributed by atoms with van der Waals surface area (Å²) in [6.45, 7) is 4.24. The van der Waals surface area contributed by atoms with E-state index in [0.717, 1.165) is 12.8 Å². The van der Waals surface area contributed by atoms with Gasteiger partial charge in [0, 0.05) is 58.8 Å². The molecule has 0 rings (SSSR count). The average Bonchev–Trinajstić information content (AvgIpc) is 2.86. The van der Waals surface area contributed by atoms with Crippen molar-refractivity contribution in [1.82, 2.24) is 16.1 Å². The maximum absolute atomic E-state index is 11.4. The molecule has 0 saturated carbocycles. The van der Waals surface area contributed by atoms with Crippen molar-refractivity contribution in [3.8, 4) is 0 Å². The molecule has 0 aliphatic carbocycles. The second-order valence-electron chi connectivity index (χ2n) is 8.32. The van der Waals surface area contributed by atoms with Gasteiger partial charge in [-0.05, 0) is 39.2 Å². The van der Waals surface area contributed by atoms with Crippen LogP contribution in [0.3, 0.4) is 0 Å². The third-order valence-electron chi connectivity index (χ3n) is 5.07. The monoisotopic (exact) mass is 612 g/mol. The summed E-state index contributed by atoms with van der Waals surface area (Å²) >= 11 is 0. The van der Waals surface area contributed by atoms with E-state index in [1.807, 2.05) is 5.48 Å². The first-order chi connectivity index (χ1) is 17.1. The quantitative estimate of drug-likeness (QED) is 0.0383. The van der Waals surface area contributed by atoms with Crippen LogP contribution in [0.2, 0.25) is 0 Å². The predicted octanol–water partition coefficient (Wildman–Crippen LogP) is 4.57. The van der Waals surface area contributed by atoms with Gasteiger partial charge < -0.3 is 34.9 Å². The van der Waals surface area contributed by atoms with E-state index in [-0.39, 0.29) is 51.8 Å². The number of amides is 1. The molecule has 213 valence electrons. The topological polar surface area (TPSA) is 132 Å². The molecule has 6 N–H and O–H groups in total. The Morgan fingerprint density at radius 1 is 0.833 bits per heavy atom. The van der Waals surface area contributed by atoms with Crippen molar-refractivity contribution in [2.75, 3.05) is 46.5 Å². The molecule has 0 aromatic heterocycles. The largest absolute Gasteiger partial charge is 0.394 e. The van der Waals surface area contributed by atoms with Gasteiger partial charge in [0.1, 0.15) is 0 Å². The number of allylic oxidation sites excluding steroid dienone is 2. The van der Waals surface area contributed by atoms with Gasteiger partial charge in [-0.2, -0.15) is 0 Å². The van der Waals surface area contributed by atoms with Crippen molar-refractivity contribution in [3.05, 3.63) is 12.2 Å². The molecule has 0 heterocycles. The summed E-state index contributed by atoms with van der Waals surface area (Å²) in [4.78, 5) is 20.3. The van der Waals surface area contributed by atoms with E-state index in [4.69, 9.17) is 19.7 Å². The number of rotatable bonds is 25. The Balaban J connectivity index is -0.000000764. The van der Waals surface area contributed by atoms with Crippen LogP contribution in [-0.4, -0.2) is 67.6 Å². The molecule has 0 aliphatic rings. The van der Waals surface area contributed by atoms with Crippen LogP contribution < -0.4 is 16.1 Å². The van der Waals surface area contributed by atoms with Gasteiger partial charge in [0.05, 0.1) is 19.8 Å². The molecule has 36 heavy (non-hydrogen) atoms. The van der Waals surface area contributed by atoms with Gasteiger partial charge in [-0.25, -0.2) is 5.48 Å². The summed E-state index contributed by atoms with van der Waals surface area (Å²) in [7, 11) is -0.00879. The van der Waals surface area contributed by atoms with Gasteiger partial charge >= 0.3 is 8.60 Å². The first kappa shape index (κ1) is 41.0. The maximum atomic E-state index is 11.4. The zero-order chi connectivity index (χ0) is 26.2. The molecule has 0 spiro atoms. The van der Waals surface area contributed by atoms with E-state index in [0.29, 0.717) is 32.7 Å². The molecule has 9 nitrogen and oxygen atoms in total. The van der Waals surface area contributed by atoms with E-state index in [1.165, 1.54) is 70.6 Å². The zero-order valence-corrected chi connectivity index (χ0v) is 26.6. The smallest absolute Gasteiger partial charge is 0.329 e. The molecule has 0 aromatic carbocycles. The Bertz CT molecular complexity index is 454. The molecule has 1 radical (unpaired) electrons. The number of hydrogen-bond acceptors (Lipinski definition) is 8. The Morgan fingerprint density at radius 2 is 1.39 bits per heavy atom. The fourth-order valence-electron chi connectivity index (χ4n) is 3.08. The Morgan fingerprint density at radius 3 is 1.94 bits per heavy atom. The van der Waals surface area contributed by atoms with Crippen LogP contribution in [0, 0.1) is 0 Å². The molecule has 0 saturated heterocycles. The Labute approximate surface area is 246 Å².